The molecule has 0 radical (unpaired) electrons. The molecule has 1 aliphatic heterocycles. The fraction of sp³-hybridized carbons (Fsp3) is 0.600. The van der Waals surface area contributed by atoms with Crippen LogP contribution in [0.5, 0.6) is 0 Å². The molecule has 2 aliphatic rings. The van der Waals surface area contributed by atoms with Gasteiger partial charge in [0.05, 0.1) is 18.1 Å². The number of hydrogen-bond acceptors (Lipinski definition) is 5. The molecule has 1 atom stereocenters. The smallest absolute Gasteiger partial charge is 0.322 e. The van der Waals surface area contributed by atoms with Crippen molar-refractivity contribution in [1.29, 1.82) is 0 Å². The number of hydrogen-bond donors (Lipinski definition) is 2. The first-order valence-corrected chi connectivity index (χ1v) is 7.92. The van der Waals surface area contributed by atoms with Gasteiger partial charge < -0.3 is 20.4 Å². The maximum atomic E-state index is 12.4. The molecule has 0 bridgehead atoms. The van der Waals surface area contributed by atoms with Crippen molar-refractivity contribution in [3.63, 3.8) is 0 Å². The second kappa shape index (κ2) is 6.39. The van der Waals surface area contributed by atoms with E-state index in [2.05, 4.69) is 20.6 Å². The minimum Gasteiger partial charge on any atom is -0.352 e. The SMILES string of the molecule is CN(C)c1ncc(NC(=O)N2CCCC2C(=O)NC2CC2)cn1. The highest BCUT2D eigenvalue weighted by molar-refractivity contribution is 5.94. The summed E-state index contributed by atoms with van der Waals surface area (Å²) in [6.07, 6.45) is 6.76. The standard InChI is InChI=1S/C15H22N6O2/c1-20(2)14-16-8-11(9-17-14)19-15(23)21-7-3-4-12(21)13(22)18-10-5-6-10/h8-10,12H,3-7H2,1-2H3,(H,18,22)(H,19,23). The summed E-state index contributed by atoms with van der Waals surface area (Å²) in [5, 5.41) is 5.74. The van der Waals surface area contributed by atoms with Crippen LogP contribution in [0.1, 0.15) is 25.7 Å². The summed E-state index contributed by atoms with van der Waals surface area (Å²) in [7, 11) is 3.70. The van der Waals surface area contributed by atoms with Gasteiger partial charge in [-0.1, -0.05) is 0 Å². The zero-order chi connectivity index (χ0) is 16.4. The van der Waals surface area contributed by atoms with E-state index in [9.17, 15) is 9.59 Å². The molecular formula is C15H22N6O2. The number of anilines is 2. The number of urea groups is 1. The van der Waals surface area contributed by atoms with Crippen molar-refractivity contribution in [1.82, 2.24) is 20.2 Å². The van der Waals surface area contributed by atoms with Crippen LogP contribution in [0.4, 0.5) is 16.4 Å². The number of carbonyl (C=O) groups is 2. The van der Waals surface area contributed by atoms with Crippen molar-refractivity contribution in [2.75, 3.05) is 30.9 Å². The van der Waals surface area contributed by atoms with Gasteiger partial charge in [0.1, 0.15) is 6.04 Å². The average molecular weight is 318 g/mol. The molecule has 0 aromatic carbocycles. The van der Waals surface area contributed by atoms with E-state index in [0.717, 1.165) is 19.3 Å². The van der Waals surface area contributed by atoms with Crippen molar-refractivity contribution >= 4 is 23.6 Å². The second-order valence-corrected chi connectivity index (χ2v) is 6.23. The third-order valence-electron chi connectivity index (χ3n) is 4.03. The van der Waals surface area contributed by atoms with Crippen LogP contribution in [-0.4, -0.2) is 59.5 Å². The van der Waals surface area contributed by atoms with Crippen LogP contribution >= 0.6 is 0 Å². The number of carbonyl (C=O) groups excluding carboxylic acids is 2. The molecular weight excluding hydrogens is 296 g/mol. The lowest BCUT2D eigenvalue weighted by atomic mass is 10.2. The van der Waals surface area contributed by atoms with Crippen LogP contribution in [-0.2, 0) is 4.79 Å². The van der Waals surface area contributed by atoms with Crippen molar-refractivity contribution in [2.24, 2.45) is 0 Å². The van der Waals surface area contributed by atoms with Gasteiger partial charge in [0.2, 0.25) is 11.9 Å². The molecule has 1 aromatic rings. The van der Waals surface area contributed by atoms with Crippen LogP contribution in [0.25, 0.3) is 0 Å². The van der Waals surface area contributed by atoms with E-state index in [1.807, 2.05) is 14.1 Å². The minimum atomic E-state index is -0.377. The van der Waals surface area contributed by atoms with Gasteiger partial charge in [0.25, 0.3) is 0 Å². The topological polar surface area (TPSA) is 90.5 Å². The van der Waals surface area contributed by atoms with Crippen LogP contribution in [0.2, 0.25) is 0 Å². The zero-order valence-electron chi connectivity index (χ0n) is 13.5. The molecule has 1 saturated carbocycles. The zero-order valence-corrected chi connectivity index (χ0v) is 13.5. The van der Waals surface area contributed by atoms with Gasteiger partial charge in [0, 0.05) is 26.7 Å². The summed E-state index contributed by atoms with van der Waals surface area (Å²) in [6.45, 7) is 0.589. The van der Waals surface area contributed by atoms with Crippen molar-refractivity contribution < 1.29 is 9.59 Å². The molecule has 1 saturated heterocycles. The molecule has 8 heteroatoms. The van der Waals surface area contributed by atoms with Gasteiger partial charge in [-0.3, -0.25) is 4.79 Å². The summed E-state index contributed by atoms with van der Waals surface area (Å²) >= 11 is 0. The van der Waals surface area contributed by atoms with Crippen molar-refractivity contribution in [2.45, 2.75) is 37.8 Å². The van der Waals surface area contributed by atoms with E-state index in [0.29, 0.717) is 30.6 Å². The van der Waals surface area contributed by atoms with Crippen molar-refractivity contribution in [3.05, 3.63) is 12.4 Å². The molecule has 23 heavy (non-hydrogen) atoms. The third kappa shape index (κ3) is 3.69. The number of aromatic nitrogens is 2. The van der Waals surface area contributed by atoms with Crippen molar-refractivity contribution in [3.8, 4) is 0 Å². The highest BCUT2D eigenvalue weighted by atomic mass is 16.2. The summed E-state index contributed by atoms with van der Waals surface area (Å²) in [6, 6.07) is -0.350. The maximum Gasteiger partial charge on any atom is 0.322 e. The monoisotopic (exact) mass is 318 g/mol. The Balaban J connectivity index is 1.60. The Labute approximate surface area is 135 Å². The van der Waals surface area contributed by atoms with E-state index in [1.165, 1.54) is 0 Å². The van der Waals surface area contributed by atoms with Gasteiger partial charge in [0.15, 0.2) is 0 Å². The number of nitrogens with one attached hydrogen (secondary N) is 2. The third-order valence-corrected chi connectivity index (χ3v) is 4.03. The Kier molecular flexibility index (Phi) is 4.31. The van der Waals surface area contributed by atoms with E-state index in [-0.39, 0.29) is 18.0 Å². The van der Waals surface area contributed by atoms with Gasteiger partial charge in [-0.25, -0.2) is 14.8 Å². The lowest BCUT2D eigenvalue weighted by Crippen LogP contribution is -2.48. The first-order chi connectivity index (χ1) is 11.0. The first kappa shape index (κ1) is 15.5. The van der Waals surface area contributed by atoms with Crippen LogP contribution in [0, 0.1) is 0 Å². The summed E-state index contributed by atoms with van der Waals surface area (Å²) in [5.41, 5.74) is 0.522. The number of amides is 3. The minimum absolute atomic E-state index is 0.0423. The van der Waals surface area contributed by atoms with Gasteiger partial charge in [-0.05, 0) is 25.7 Å². The molecule has 8 nitrogen and oxygen atoms in total. The highest BCUT2D eigenvalue weighted by Gasteiger charge is 2.36. The Morgan fingerprint density at radius 3 is 2.52 bits per heavy atom. The van der Waals surface area contributed by atoms with E-state index >= 15 is 0 Å². The lowest BCUT2D eigenvalue weighted by molar-refractivity contribution is -0.124. The van der Waals surface area contributed by atoms with E-state index in [4.69, 9.17) is 0 Å². The molecule has 2 fully saturated rings. The average Bonchev–Trinajstić information content (AvgIpc) is 3.19. The van der Waals surface area contributed by atoms with Crippen LogP contribution in [0.15, 0.2) is 12.4 Å². The molecule has 124 valence electrons. The Bertz CT molecular complexity index is 584. The molecule has 3 amide bonds. The Hall–Kier alpha value is -2.38. The molecule has 1 unspecified atom stereocenters. The molecule has 0 spiro atoms. The highest BCUT2D eigenvalue weighted by Crippen LogP contribution is 2.23. The normalized spacial score (nSPS) is 20.3. The first-order valence-electron chi connectivity index (χ1n) is 7.92. The summed E-state index contributed by atoms with van der Waals surface area (Å²) < 4.78 is 0. The quantitative estimate of drug-likeness (QED) is 0.857. The Morgan fingerprint density at radius 2 is 1.91 bits per heavy atom. The lowest BCUT2D eigenvalue weighted by Gasteiger charge is -2.24. The molecule has 2 heterocycles. The van der Waals surface area contributed by atoms with Crippen LogP contribution < -0.4 is 15.5 Å². The van der Waals surface area contributed by atoms with Gasteiger partial charge in [-0.2, -0.15) is 0 Å². The van der Waals surface area contributed by atoms with Gasteiger partial charge >= 0.3 is 6.03 Å². The fourth-order valence-electron chi connectivity index (χ4n) is 2.62. The summed E-state index contributed by atoms with van der Waals surface area (Å²) in [5.74, 6) is 0.533. The second-order valence-electron chi connectivity index (χ2n) is 6.23. The molecule has 1 aromatic heterocycles. The largest absolute Gasteiger partial charge is 0.352 e. The van der Waals surface area contributed by atoms with Crippen LogP contribution in [0.3, 0.4) is 0 Å². The van der Waals surface area contributed by atoms with E-state index < -0.39 is 0 Å². The number of rotatable bonds is 4. The summed E-state index contributed by atoms with van der Waals surface area (Å²) in [4.78, 5) is 36.3. The maximum absolute atomic E-state index is 12.4. The predicted molar refractivity (Wildman–Crippen MR) is 86.3 cm³/mol. The van der Waals surface area contributed by atoms with E-state index in [1.54, 1.807) is 22.2 Å². The predicted octanol–water partition coefficient (Wildman–Crippen LogP) is 0.817. The molecule has 3 rings (SSSR count). The molecule has 2 N–H and O–H groups in total. The van der Waals surface area contributed by atoms with Gasteiger partial charge in [-0.15, -0.1) is 0 Å². The number of likely N-dealkylation sites (tertiary alicyclic amines) is 1. The Morgan fingerprint density at radius 1 is 1.22 bits per heavy atom. The molecule has 1 aliphatic carbocycles. The fourth-order valence-corrected chi connectivity index (χ4v) is 2.62. The number of nitrogens with zero attached hydrogens (tertiary/aromatic N) is 4.